The van der Waals surface area contributed by atoms with Crippen molar-refractivity contribution < 1.29 is 5.11 Å². The smallest absolute Gasteiger partial charge is 0.0607 e. The van der Waals surface area contributed by atoms with Gasteiger partial charge in [-0.05, 0) is 78.9 Å². The Morgan fingerprint density at radius 2 is 1.48 bits per heavy atom. The van der Waals surface area contributed by atoms with Crippen LogP contribution in [0.15, 0.2) is 103 Å². The SMILES string of the molecule is CCN1CCC2c3cc(-c4c(CCN(Cc5ccccc5)Cc5ccccc5)c5ccccc5n4C)ccc3N(CC)C2C1CO. The van der Waals surface area contributed by atoms with Gasteiger partial charge in [-0.3, -0.25) is 9.80 Å². The fraction of sp³-hybridized carbons (Fsp3) is 0.366. The van der Waals surface area contributed by atoms with Crippen LogP contribution in [0.5, 0.6) is 0 Å². The van der Waals surface area contributed by atoms with Crippen LogP contribution in [0, 0.1) is 0 Å². The van der Waals surface area contributed by atoms with E-state index in [1.54, 1.807) is 0 Å². The molecule has 2 aliphatic rings. The van der Waals surface area contributed by atoms with E-state index in [1.165, 1.54) is 50.1 Å². The largest absolute Gasteiger partial charge is 0.395 e. The summed E-state index contributed by atoms with van der Waals surface area (Å²) in [6.07, 6.45) is 2.11. The number of nitrogens with zero attached hydrogens (tertiary/aromatic N) is 4. The summed E-state index contributed by atoms with van der Waals surface area (Å²) in [7, 11) is 2.24. The standard InChI is InChI=1S/C41H48N4O/c1-4-44-25-23-35-36-26-32(20-21-38(36)45(5-2)41(35)39(44)29-46)40-34(33-18-12-13-19-37(33)42(40)3)22-24-43(27-30-14-8-6-9-15-30)28-31-16-10-7-11-17-31/h6-21,26,35,39,41,46H,4-5,22-25,27-29H2,1-3H3. The molecule has 5 nitrogen and oxygen atoms in total. The van der Waals surface area contributed by atoms with Gasteiger partial charge in [-0.2, -0.15) is 0 Å². The number of likely N-dealkylation sites (tertiary alicyclic amines) is 1. The van der Waals surface area contributed by atoms with E-state index in [-0.39, 0.29) is 12.6 Å². The van der Waals surface area contributed by atoms with Gasteiger partial charge in [0.25, 0.3) is 0 Å². The molecule has 4 aromatic carbocycles. The predicted molar refractivity (Wildman–Crippen MR) is 191 cm³/mol. The third-order valence-corrected chi connectivity index (χ3v) is 10.7. The first-order valence-electron chi connectivity index (χ1n) is 17.2. The number of rotatable bonds is 11. The van der Waals surface area contributed by atoms with Gasteiger partial charge in [-0.25, -0.2) is 0 Å². The van der Waals surface area contributed by atoms with Crippen LogP contribution in [-0.4, -0.2) is 64.3 Å². The van der Waals surface area contributed by atoms with Crippen molar-refractivity contribution in [1.29, 1.82) is 0 Å². The molecule has 0 saturated carbocycles. The molecule has 238 valence electrons. The average Bonchev–Trinajstić information content (AvgIpc) is 3.58. The quantitative estimate of drug-likeness (QED) is 0.168. The predicted octanol–water partition coefficient (Wildman–Crippen LogP) is 7.47. The second-order valence-electron chi connectivity index (χ2n) is 13.2. The lowest BCUT2D eigenvalue weighted by Crippen LogP contribution is -2.57. The molecule has 5 heteroatoms. The molecule has 46 heavy (non-hydrogen) atoms. The van der Waals surface area contributed by atoms with Gasteiger partial charge in [0.2, 0.25) is 0 Å². The first-order valence-corrected chi connectivity index (χ1v) is 17.2. The Labute approximate surface area is 274 Å². The Bertz CT molecular complexity index is 1720. The summed E-state index contributed by atoms with van der Waals surface area (Å²) >= 11 is 0. The lowest BCUT2D eigenvalue weighted by Gasteiger charge is -2.45. The maximum absolute atomic E-state index is 10.5. The molecule has 0 radical (unpaired) electrons. The Morgan fingerprint density at radius 3 is 2.13 bits per heavy atom. The zero-order valence-electron chi connectivity index (χ0n) is 27.6. The molecular formula is C41H48N4O. The minimum Gasteiger partial charge on any atom is -0.395 e. The van der Waals surface area contributed by atoms with Crippen LogP contribution in [0.1, 0.15) is 48.4 Å². The van der Waals surface area contributed by atoms with E-state index in [0.717, 1.165) is 52.1 Å². The maximum atomic E-state index is 10.5. The van der Waals surface area contributed by atoms with Crippen molar-refractivity contribution in [2.45, 2.75) is 57.8 Å². The number of aliphatic hydroxyl groups excluding tert-OH is 1. The van der Waals surface area contributed by atoms with Gasteiger partial charge in [0.15, 0.2) is 0 Å². The summed E-state index contributed by atoms with van der Waals surface area (Å²) in [6, 6.07) is 38.4. The summed E-state index contributed by atoms with van der Waals surface area (Å²) in [5, 5.41) is 11.9. The van der Waals surface area contributed by atoms with E-state index in [1.807, 2.05) is 0 Å². The molecule has 0 bridgehead atoms. The Morgan fingerprint density at radius 1 is 0.804 bits per heavy atom. The number of piperidine rings is 1. The van der Waals surface area contributed by atoms with Crippen LogP contribution in [0.25, 0.3) is 22.2 Å². The van der Waals surface area contributed by atoms with Crippen molar-refractivity contribution in [1.82, 2.24) is 14.4 Å². The lowest BCUT2D eigenvalue weighted by molar-refractivity contribution is 0.0703. The van der Waals surface area contributed by atoms with Crippen LogP contribution in [-0.2, 0) is 26.6 Å². The zero-order valence-corrected chi connectivity index (χ0v) is 27.6. The van der Waals surface area contributed by atoms with Crippen LogP contribution in [0.3, 0.4) is 0 Å². The third-order valence-electron chi connectivity index (χ3n) is 10.7. The number of aryl methyl sites for hydroxylation is 1. The molecule has 1 fully saturated rings. The molecule has 3 unspecified atom stereocenters. The molecule has 1 saturated heterocycles. The molecular weight excluding hydrogens is 564 g/mol. The number of likely N-dealkylation sites (N-methyl/N-ethyl adjacent to an activating group) is 2. The summed E-state index contributed by atoms with van der Waals surface area (Å²) in [4.78, 5) is 7.65. The van der Waals surface area contributed by atoms with Gasteiger partial charge in [-0.15, -0.1) is 0 Å². The van der Waals surface area contributed by atoms with E-state index < -0.39 is 0 Å². The second-order valence-corrected chi connectivity index (χ2v) is 13.2. The first-order chi connectivity index (χ1) is 22.6. The number of para-hydroxylation sites is 1. The van der Waals surface area contributed by atoms with Crippen LogP contribution in [0.4, 0.5) is 5.69 Å². The first kappa shape index (κ1) is 30.7. The van der Waals surface area contributed by atoms with E-state index >= 15 is 0 Å². The normalized spacial score (nSPS) is 19.6. The highest BCUT2D eigenvalue weighted by Crippen LogP contribution is 2.49. The number of aliphatic hydroxyl groups is 1. The monoisotopic (exact) mass is 612 g/mol. The average molecular weight is 613 g/mol. The van der Waals surface area contributed by atoms with E-state index in [4.69, 9.17) is 0 Å². The highest BCUT2D eigenvalue weighted by Gasteiger charge is 2.46. The molecule has 1 aromatic heterocycles. The minimum absolute atomic E-state index is 0.174. The molecule has 3 atom stereocenters. The number of anilines is 1. The van der Waals surface area contributed by atoms with Crippen LogP contribution >= 0.6 is 0 Å². The van der Waals surface area contributed by atoms with Crippen molar-refractivity contribution in [3.05, 3.63) is 125 Å². The zero-order chi connectivity index (χ0) is 31.6. The van der Waals surface area contributed by atoms with Crippen molar-refractivity contribution in [3.8, 4) is 11.3 Å². The molecule has 0 aliphatic carbocycles. The fourth-order valence-electron chi connectivity index (χ4n) is 8.57. The van der Waals surface area contributed by atoms with E-state index in [2.05, 4.69) is 143 Å². The topological polar surface area (TPSA) is 34.9 Å². The highest BCUT2D eigenvalue weighted by molar-refractivity contribution is 5.92. The lowest BCUT2D eigenvalue weighted by atomic mass is 9.83. The summed E-state index contributed by atoms with van der Waals surface area (Å²) < 4.78 is 2.42. The van der Waals surface area contributed by atoms with E-state index in [9.17, 15) is 5.11 Å². The fourth-order valence-corrected chi connectivity index (χ4v) is 8.57. The van der Waals surface area contributed by atoms with Crippen molar-refractivity contribution in [2.75, 3.05) is 37.7 Å². The number of hydrogen-bond acceptors (Lipinski definition) is 4. The second kappa shape index (κ2) is 13.4. The van der Waals surface area contributed by atoms with E-state index in [0.29, 0.717) is 12.0 Å². The highest BCUT2D eigenvalue weighted by atomic mass is 16.3. The molecule has 3 heterocycles. The van der Waals surface area contributed by atoms with Gasteiger partial charge in [0.1, 0.15) is 0 Å². The minimum atomic E-state index is 0.174. The number of hydrogen-bond donors (Lipinski definition) is 1. The van der Waals surface area contributed by atoms with Crippen molar-refractivity contribution in [2.24, 2.45) is 7.05 Å². The maximum Gasteiger partial charge on any atom is 0.0607 e. The molecule has 1 N–H and O–H groups in total. The molecule has 7 rings (SSSR count). The van der Waals surface area contributed by atoms with Crippen molar-refractivity contribution in [3.63, 3.8) is 0 Å². The number of fused-ring (bicyclic) bond motifs is 4. The third kappa shape index (κ3) is 5.66. The molecule has 5 aromatic rings. The summed E-state index contributed by atoms with van der Waals surface area (Å²) in [5.74, 6) is 0.445. The van der Waals surface area contributed by atoms with Gasteiger partial charge >= 0.3 is 0 Å². The molecule has 0 spiro atoms. The number of benzene rings is 4. The van der Waals surface area contributed by atoms with Gasteiger partial charge in [0, 0.05) is 55.7 Å². The van der Waals surface area contributed by atoms with Gasteiger partial charge in [0.05, 0.1) is 24.4 Å². The molecule has 0 amide bonds. The molecule has 2 aliphatic heterocycles. The Kier molecular flexibility index (Phi) is 8.99. The van der Waals surface area contributed by atoms with Gasteiger partial charge < -0.3 is 14.6 Å². The van der Waals surface area contributed by atoms with Crippen molar-refractivity contribution >= 4 is 16.6 Å². The Balaban J connectivity index is 1.25. The Hall–Kier alpha value is -3.90. The summed E-state index contributed by atoms with van der Waals surface area (Å²) in [6.45, 7) is 10.5. The van der Waals surface area contributed by atoms with Gasteiger partial charge in [-0.1, -0.05) is 91.9 Å². The summed E-state index contributed by atoms with van der Waals surface area (Å²) in [5.41, 5.74) is 10.9. The van der Waals surface area contributed by atoms with Crippen LogP contribution in [0.2, 0.25) is 0 Å². The van der Waals surface area contributed by atoms with Crippen LogP contribution < -0.4 is 4.90 Å². The number of aromatic nitrogens is 1.